The van der Waals surface area contributed by atoms with E-state index in [0.717, 1.165) is 35.7 Å². The Hall–Kier alpha value is -4.61. The third-order valence-electron chi connectivity index (χ3n) is 6.35. The highest BCUT2D eigenvalue weighted by Crippen LogP contribution is 2.27. The molecule has 4 aromatic rings. The Morgan fingerprint density at radius 3 is 2.62 bits per heavy atom. The van der Waals surface area contributed by atoms with Crippen LogP contribution >= 0.6 is 0 Å². The molecule has 1 aromatic carbocycles. The lowest BCUT2D eigenvalue weighted by atomic mass is 10.1. The summed E-state index contributed by atoms with van der Waals surface area (Å²) in [6.07, 6.45) is 4.84. The third-order valence-corrected chi connectivity index (χ3v) is 6.35. The average Bonchev–Trinajstić information content (AvgIpc) is 3.63. The third kappa shape index (κ3) is 5.63. The number of nitrogens with one attached hydrogen (secondary N) is 2. The fraction of sp³-hybridized carbons (Fsp3) is 0.320. The zero-order chi connectivity index (χ0) is 25.6. The molecular formula is C25H28N8O4. The van der Waals surface area contributed by atoms with Crippen LogP contribution in [0, 0.1) is 0 Å². The van der Waals surface area contributed by atoms with Crippen molar-refractivity contribution in [2.75, 3.05) is 42.9 Å². The molecule has 192 valence electrons. The molecule has 0 radical (unpaired) electrons. The molecule has 0 saturated carbocycles. The molecule has 12 heteroatoms. The number of carboxylic acid groups (broad SMARTS) is 1. The van der Waals surface area contributed by atoms with Gasteiger partial charge in [0.25, 0.3) is 0 Å². The minimum Gasteiger partial charge on any atom is -0.467 e. The van der Waals surface area contributed by atoms with E-state index in [1.807, 2.05) is 33.6 Å². The first-order chi connectivity index (χ1) is 18.1. The number of hydrogen-bond acceptors (Lipinski definition) is 8. The molecule has 1 fully saturated rings. The Labute approximate surface area is 212 Å². The average molecular weight is 505 g/mol. The van der Waals surface area contributed by atoms with Crippen LogP contribution in [0.2, 0.25) is 0 Å². The number of fused-ring (bicyclic) bond motifs is 1. The number of carbonyl (C=O) groups excluding carboxylic acids is 1. The normalized spacial score (nSPS) is 13.6. The van der Waals surface area contributed by atoms with Crippen LogP contribution in [-0.2, 0) is 11.3 Å². The molecular weight excluding hydrogens is 476 g/mol. The van der Waals surface area contributed by atoms with Crippen molar-refractivity contribution < 1.29 is 19.1 Å². The summed E-state index contributed by atoms with van der Waals surface area (Å²) in [6, 6.07) is 12.0. The van der Waals surface area contributed by atoms with Gasteiger partial charge in [-0.25, -0.2) is 9.78 Å². The second kappa shape index (κ2) is 11.0. The number of amides is 2. The van der Waals surface area contributed by atoms with Crippen molar-refractivity contribution >= 4 is 29.3 Å². The number of benzene rings is 1. The van der Waals surface area contributed by atoms with Crippen molar-refractivity contribution in [3.05, 3.63) is 60.9 Å². The molecule has 1 saturated heterocycles. The fourth-order valence-corrected chi connectivity index (χ4v) is 4.39. The number of rotatable bonds is 9. The first kappa shape index (κ1) is 24.1. The van der Waals surface area contributed by atoms with Crippen LogP contribution in [0.3, 0.4) is 0 Å². The fourth-order valence-electron chi connectivity index (χ4n) is 4.39. The molecule has 0 atom stereocenters. The molecule has 12 nitrogen and oxygen atoms in total. The predicted octanol–water partition coefficient (Wildman–Crippen LogP) is 2.69. The van der Waals surface area contributed by atoms with Gasteiger partial charge in [0.15, 0.2) is 5.65 Å². The summed E-state index contributed by atoms with van der Waals surface area (Å²) in [5.74, 6) is 1.50. The lowest BCUT2D eigenvalue weighted by Gasteiger charge is -2.36. The van der Waals surface area contributed by atoms with Crippen molar-refractivity contribution in [2.24, 2.45) is 0 Å². The van der Waals surface area contributed by atoms with Crippen LogP contribution in [0.15, 0.2) is 59.6 Å². The van der Waals surface area contributed by atoms with Crippen molar-refractivity contribution in [1.82, 2.24) is 29.8 Å². The van der Waals surface area contributed by atoms with Gasteiger partial charge in [-0.2, -0.15) is 0 Å². The molecule has 0 unspecified atom stereocenters. The zero-order valence-electron chi connectivity index (χ0n) is 20.2. The summed E-state index contributed by atoms with van der Waals surface area (Å²) >= 11 is 0. The number of hydrogen-bond donors (Lipinski definition) is 3. The van der Waals surface area contributed by atoms with Crippen molar-refractivity contribution in [1.29, 1.82) is 0 Å². The first-order valence-corrected chi connectivity index (χ1v) is 12.1. The van der Waals surface area contributed by atoms with Gasteiger partial charge in [0, 0.05) is 56.6 Å². The molecule has 3 N–H and O–H groups in total. The van der Waals surface area contributed by atoms with E-state index in [0.29, 0.717) is 44.1 Å². The van der Waals surface area contributed by atoms with E-state index in [-0.39, 0.29) is 12.5 Å². The van der Waals surface area contributed by atoms with Crippen LogP contribution < -0.4 is 15.5 Å². The molecule has 1 aliphatic rings. The number of anilines is 2. The second-order valence-corrected chi connectivity index (χ2v) is 8.70. The monoisotopic (exact) mass is 504 g/mol. The first-order valence-electron chi connectivity index (χ1n) is 12.1. The van der Waals surface area contributed by atoms with Crippen LogP contribution in [0.1, 0.15) is 18.6 Å². The van der Waals surface area contributed by atoms with Gasteiger partial charge in [0.1, 0.15) is 12.1 Å². The molecule has 0 bridgehead atoms. The maximum atomic E-state index is 12.4. The van der Waals surface area contributed by atoms with E-state index >= 15 is 0 Å². The summed E-state index contributed by atoms with van der Waals surface area (Å²) in [5.41, 5.74) is 3.65. The summed E-state index contributed by atoms with van der Waals surface area (Å²) in [5, 5.41) is 22.5. The molecule has 0 aliphatic carbocycles. The highest BCUT2D eigenvalue weighted by Gasteiger charge is 2.21. The van der Waals surface area contributed by atoms with Crippen LogP contribution in [0.5, 0.6) is 0 Å². The number of carbonyl (C=O) groups is 2. The molecule has 3 aromatic heterocycles. The van der Waals surface area contributed by atoms with E-state index in [1.165, 1.54) is 0 Å². The minimum atomic E-state index is -1.07. The molecule has 5 rings (SSSR count). The van der Waals surface area contributed by atoms with E-state index in [2.05, 4.69) is 42.8 Å². The van der Waals surface area contributed by atoms with E-state index in [1.54, 1.807) is 18.8 Å². The van der Waals surface area contributed by atoms with Gasteiger partial charge < -0.3 is 30.0 Å². The van der Waals surface area contributed by atoms with Gasteiger partial charge >= 0.3 is 6.09 Å². The van der Waals surface area contributed by atoms with E-state index < -0.39 is 6.09 Å². The lowest BCUT2D eigenvalue weighted by Crippen LogP contribution is -2.48. The summed E-state index contributed by atoms with van der Waals surface area (Å²) in [7, 11) is 0. The molecule has 2 amide bonds. The lowest BCUT2D eigenvalue weighted by molar-refractivity contribution is -0.131. The molecule has 4 heterocycles. The van der Waals surface area contributed by atoms with Gasteiger partial charge in [-0.05, 0) is 36.2 Å². The standard InChI is InChI=1S/C25H28N8O4/c34-22(4-1-9-26-25(35)36)32-12-10-31(11-13-32)19-7-5-18(6-8-19)21-16-28-24(33-17-29-30-23(21)33)27-15-20-3-2-14-37-20/h2-3,5-8,14,16-17,26H,1,4,9-13,15H2,(H,27,28)(H,35,36). The largest absolute Gasteiger partial charge is 0.467 e. The highest BCUT2D eigenvalue weighted by molar-refractivity contribution is 5.79. The molecule has 37 heavy (non-hydrogen) atoms. The Morgan fingerprint density at radius 1 is 1.08 bits per heavy atom. The maximum absolute atomic E-state index is 12.4. The van der Waals surface area contributed by atoms with Gasteiger partial charge in [0.2, 0.25) is 11.9 Å². The number of piperazine rings is 1. The van der Waals surface area contributed by atoms with Crippen LogP contribution in [-0.4, -0.2) is 74.3 Å². The Morgan fingerprint density at radius 2 is 1.89 bits per heavy atom. The zero-order valence-corrected chi connectivity index (χ0v) is 20.2. The molecule has 0 spiro atoms. The van der Waals surface area contributed by atoms with Crippen molar-refractivity contribution in [2.45, 2.75) is 19.4 Å². The Balaban J connectivity index is 1.19. The van der Waals surface area contributed by atoms with E-state index in [4.69, 9.17) is 9.52 Å². The smallest absolute Gasteiger partial charge is 0.404 e. The van der Waals surface area contributed by atoms with E-state index in [9.17, 15) is 9.59 Å². The maximum Gasteiger partial charge on any atom is 0.404 e. The number of nitrogens with zero attached hydrogens (tertiary/aromatic N) is 6. The second-order valence-electron chi connectivity index (χ2n) is 8.70. The van der Waals surface area contributed by atoms with Gasteiger partial charge in [0.05, 0.1) is 12.8 Å². The molecule has 1 aliphatic heterocycles. The number of aromatic nitrogens is 4. The van der Waals surface area contributed by atoms with Crippen LogP contribution in [0.25, 0.3) is 16.8 Å². The summed E-state index contributed by atoms with van der Waals surface area (Å²) < 4.78 is 7.19. The van der Waals surface area contributed by atoms with Crippen LogP contribution in [0.4, 0.5) is 16.4 Å². The Kier molecular flexibility index (Phi) is 7.15. The summed E-state index contributed by atoms with van der Waals surface area (Å²) in [4.78, 5) is 31.6. The number of furan rings is 1. The predicted molar refractivity (Wildman–Crippen MR) is 136 cm³/mol. The highest BCUT2D eigenvalue weighted by atomic mass is 16.4. The van der Waals surface area contributed by atoms with Gasteiger partial charge in [-0.15, -0.1) is 10.2 Å². The van der Waals surface area contributed by atoms with Crippen molar-refractivity contribution in [3.8, 4) is 11.1 Å². The van der Waals surface area contributed by atoms with Gasteiger partial charge in [-0.3, -0.25) is 9.20 Å². The summed E-state index contributed by atoms with van der Waals surface area (Å²) in [6.45, 7) is 3.55. The Bertz CT molecular complexity index is 1350. The van der Waals surface area contributed by atoms with Crippen molar-refractivity contribution in [3.63, 3.8) is 0 Å². The minimum absolute atomic E-state index is 0.0640. The quantitative estimate of drug-likeness (QED) is 0.293. The SMILES string of the molecule is O=C(O)NCCCC(=O)N1CCN(c2ccc(-c3cnc(NCc4ccco4)n4cnnc34)cc2)CC1. The topological polar surface area (TPSA) is 141 Å². The van der Waals surface area contributed by atoms with Gasteiger partial charge in [-0.1, -0.05) is 12.1 Å².